The van der Waals surface area contributed by atoms with Crippen LogP contribution in [0.5, 0.6) is 0 Å². The van der Waals surface area contributed by atoms with Crippen LogP contribution in [-0.2, 0) is 16.2 Å². The van der Waals surface area contributed by atoms with Crippen molar-refractivity contribution in [2.45, 2.75) is 37.0 Å². The van der Waals surface area contributed by atoms with Gasteiger partial charge < -0.3 is 0 Å². The van der Waals surface area contributed by atoms with Gasteiger partial charge in [-0.3, -0.25) is 0 Å². The molecule has 96 heavy (non-hydrogen) atoms. The molecule has 0 N–H and O–H groups in total. The van der Waals surface area contributed by atoms with Crippen molar-refractivity contribution in [3.63, 3.8) is 0 Å². The smallest absolute Gasteiger partial charge is 0.0620 e. The van der Waals surface area contributed by atoms with Crippen LogP contribution in [0.15, 0.2) is 346 Å². The Bertz CT molecular complexity index is 5570. The average molecular weight is 1220 g/mol. The Morgan fingerprint density at radius 2 is 0.406 bits per heavy atom. The zero-order valence-electron chi connectivity index (χ0n) is 53.9. The molecule has 15 aromatic rings. The highest BCUT2D eigenvalue weighted by atomic mass is 14.6. The third-order valence-electron chi connectivity index (χ3n) is 22.2. The van der Waals surface area contributed by atoms with Gasteiger partial charge in [0.25, 0.3) is 0 Å². The van der Waals surface area contributed by atoms with E-state index in [1.54, 1.807) is 0 Å². The van der Waals surface area contributed by atoms with Crippen molar-refractivity contribution in [3.8, 4) is 100 Å². The maximum absolute atomic E-state index is 2.36. The summed E-state index contributed by atoms with van der Waals surface area (Å²) in [5, 5.41) is 0. The maximum atomic E-state index is 2.36. The van der Waals surface area contributed by atoms with Crippen LogP contribution in [0.1, 0.15) is 83.5 Å². The molecule has 0 saturated carbocycles. The summed E-state index contributed by atoms with van der Waals surface area (Å²) in [6.07, 6.45) is 0. The second-order valence-corrected chi connectivity index (χ2v) is 26.9. The predicted molar refractivity (Wildman–Crippen MR) is 399 cm³/mol. The number of benzene rings is 15. The molecule has 3 spiro atoms. The Balaban J connectivity index is 0.000000102. The fourth-order valence-corrected chi connectivity index (χ4v) is 18.6. The van der Waals surface area contributed by atoms with Crippen LogP contribution in [-0.4, -0.2) is 0 Å². The Labute approximate surface area is 562 Å². The molecule has 0 amide bonds. The van der Waals surface area contributed by atoms with E-state index in [0.29, 0.717) is 0 Å². The molecule has 6 aliphatic carbocycles. The van der Waals surface area contributed by atoms with Crippen molar-refractivity contribution in [1.82, 2.24) is 0 Å². The molecular weight excluding hydrogens is 1150 g/mol. The predicted octanol–water partition coefficient (Wildman–Crippen LogP) is 24.0. The summed E-state index contributed by atoms with van der Waals surface area (Å²) in [6.45, 7) is 6.53. The van der Waals surface area contributed by atoms with Crippen molar-refractivity contribution < 1.29 is 0 Å². The lowest BCUT2D eigenvalue weighted by atomic mass is 9.70. The molecule has 0 unspecified atom stereocenters. The van der Waals surface area contributed by atoms with Crippen molar-refractivity contribution in [3.05, 3.63) is 429 Å². The lowest BCUT2D eigenvalue weighted by Gasteiger charge is -2.30. The Morgan fingerprint density at radius 1 is 0.156 bits per heavy atom. The number of hydrogen-bond acceptors (Lipinski definition) is 0. The Kier molecular flexibility index (Phi) is 12.5. The first-order valence-electron chi connectivity index (χ1n) is 33.9. The third-order valence-corrected chi connectivity index (χ3v) is 22.2. The van der Waals surface area contributed by atoms with Crippen LogP contribution in [0.2, 0.25) is 0 Å². The van der Waals surface area contributed by atoms with Gasteiger partial charge in [-0.1, -0.05) is 357 Å². The molecule has 0 nitrogen and oxygen atoms in total. The standard InChI is InChI=1S/3C32H22/c1-21-10-8-11-22(20-21)23-15-9-19-30-31(23)26-14-4-7-18-29(26)32(30)27-16-5-2-12-24(27)25-13-3-6-17-28(25)32;1-21-17-19-22(20-18-21)23-12-8-16-30-31(23)26-11-4-7-15-29(26)32(30)27-13-5-2-9-24(27)25-10-3-6-14-28(25)32;1-21-11-2-3-12-22(21)25-16-10-20-30-31(25)26-15-6-9-19-29(26)32(30)27-17-7-4-13-23(27)24-14-5-8-18-28(24)32/h3*2-20H,1H3. The van der Waals surface area contributed by atoms with E-state index in [-0.39, 0.29) is 16.2 Å². The van der Waals surface area contributed by atoms with Gasteiger partial charge in [-0.05, 0) is 193 Å². The van der Waals surface area contributed by atoms with Gasteiger partial charge in [0.05, 0.1) is 16.2 Å². The molecule has 0 bridgehead atoms. The van der Waals surface area contributed by atoms with Gasteiger partial charge in [0, 0.05) is 0 Å². The van der Waals surface area contributed by atoms with Crippen LogP contribution in [0.3, 0.4) is 0 Å². The quantitative estimate of drug-likeness (QED) is 0.165. The van der Waals surface area contributed by atoms with E-state index in [0.717, 1.165) is 0 Å². The van der Waals surface area contributed by atoms with Crippen LogP contribution in [0, 0.1) is 20.8 Å². The molecule has 6 aliphatic rings. The molecule has 0 aromatic heterocycles. The van der Waals surface area contributed by atoms with Crippen molar-refractivity contribution >= 4 is 0 Å². The SMILES string of the molecule is Cc1ccc(-c2cccc3c2-c2ccccc2C32c3ccccc3-c3ccccc32)cc1.Cc1cccc(-c2cccc3c2-c2ccccc2C32c3ccccc3-c3ccccc32)c1.Cc1ccccc1-c1cccc2c1-c1ccccc1C21c2ccccc2-c2ccccc21. The van der Waals surface area contributed by atoms with Gasteiger partial charge in [0.1, 0.15) is 0 Å². The average Bonchev–Trinajstić information content (AvgIpc) is 1.53. The molecule has 0 saturated heterocycles. The molecule has 0 atom stereocenters. The normalized spacial score (nSPS) is 14.0. The molecule has 0 fully saturated rings. The first kappa shape index (κ1) is 55.9. The van der Waals surface area contributed by atoms with E-state index < -0.39 is 0 Å². The number of aryl methyl sites for hydroxylation is 3. The summed E-state index contributed by atoms with van der Waals surface area (Å²) < 4.78 is 0. The molecule has 0 radical (unpaired) electrons. The zero-order chi connectivity index (χ0) is 63.9. The van der Waals surface area contributed by atoms with E-state index in [4.69, 9.17) is 0 Å². The van der Waals surface area contributed by atoms with Crippen LogP contribution < -0.4 is 0 Å². The Morgan fingerprint density at radius 3 is 0.750 bits per heavy atom. The largest absolute Gasteiger partial charge is 0.0725 e. The maximum Gasteiger partial charge on any atom is 0.0725 e. The fraction of sp³-hybridized carbons (Fsp3) is 0.0625. The molecular formula is C96H66. The van der Waals surface area contributed by atoms with E-state index in [1.165, 1.54) is 184 Å². The summed E-state index contributed by atoms with van der Waals surface area (Å²) >= 11 is 0. The number of fused-ring (bicyclic) bond motifs is 30. The summed E-state index contributed by atoms with van der Waals surface area (Å²) in [7, 11) is 0. The second-order valence-electron chi connectivity index (χ2n) is 26.9. The summed E-state index contributed by atoms with van der Waals surface area (Å²) in [6, 6.07) is 128. The van der Waals surface area contributed by atoms with Crippen molar-refractivity contribution in [2.24, 2.45) is 0 Å². The number of rotatable bonds is 3. The molecule has 0 heterocycles. The molecule has 15 aromatic carbocycles. The van der Waals surface area contributed by atoms with Gasteiger partial charge in [-0.15, -0.1) is 0 Å². The van der Waals surface area contributed by atoms with Gasteiger partial charge in [-0.25, -0.2) is 0 Å². The lowest BCUT2D eigenvalue weighted by Crippen LogP contribution is -2.25. The monoisotopic (exact) mass is 1220 g/mol. The van der Waals surface area contributed by atoms with Crippen LogP contribution in [0.25, 0.3) is 100 Å². The second kappa shape index (κ2) is 21.4. The van der Waals surface area contributed by atoms with E-state index in [1.807, 2.05) is 0 Å². The van der Waals surface area contributed by atoms with Crippen molar-refractivity contribution in [2.75, 3.05) is 0 Å². The van der Waals surface area contributed by atoms with E-state index in [9.17, 15) is 0 Å². The highest BCUT2D eigenvalue weighted by molar-refractivity contribution is 6.03. The zero-order valence-corrected chi connectivity index (χ0v) is 53.9. The Hall–Kier alpha value is -11.7. The fourth-order valence-electron chi connectivity index (χ4n) is 18.6. The highest BCUT2D eigenvalue weighted by Gasteiger charge is 2.55. The van der Waals surface area contributed by atoms with Gasteiger partial charge in [-0.2, -0.15) is 0 Å². The topological polar surface area (TPSA) is 0 Å². The van der Waals surface area contributed by atoms with Gasteiger partial charge in [0.2, 0.25) is 0 Å². The molecule has 0 heteroatoms. The summed E-state index contributed by atoms with van der Waals surface area (Å²) in [4.78, 5) is 0. The van der Waals surface area contributed by atoms with Crippen LogP contribution >= 0.6 is 0 Å². The third kappa shape index (κ3) is 7.56. The minimum atomic E-state index is -0.266. The first-order chi connectivity index (χ1) is 47.4. The highest BCUT2D eigenvalue weighted by Crippen LogP contribution is 2.67. The molecule has 21 rings (SSSR count). The van der Waals surface area contributed by atoms with E-state index in [2.05, 4.69) is 367 Å². The first-order valence-corrected chi connectivity index (χ1v) is 33.9. The minimum Gasteiger partial charge on any atom is -0.0620 e. The molecule has 0 aliphatic heterocycles. The van der Waals surface area contributed by atoms with Crippen LogP contribution in [0.4, 0.5) is 0 Å². The summed E-state index contributed by atoms with van der Waals surface area (Å²) in [5.74, 6) is 0. The molecule has 450 valence electrons. The van der Waals surface area contributed by atoms with Gasteiger partial charge >= 0.3 is 0 Å². The summed E-state index contributed by atoms with van der Waals surface area (Å²) in [5.41, 5.74) is 44.0. The lowest BCUT2D eigenvalue weighted by molar-refractivity contribution is 0.794. The number of hydrogen-bond donors (Lipinski definition) is 0. The minimum absolute atomic E-state index is 0.264. The van der Waals surface area contributed by atoms with Gasteiger partial charge in [0.15, 0.2) is 0 Å². The van der Waals surface area contributed by atoms with E-state index >= 15 is 0 Å². The van der Waals surface area contributed by atoms with Crippen molar-refractivity contribution in [1.29, 1.82) is 0 Å².